The molecule has 0 aliphatic carbocycles. The Morgan fingerprint density at radius 3 is 2.53 bits per heavy atom. The first-order valence-electron chi connectivity index (χ1n) is 7.47. The largest absolute Gasteiger partial charge is 0.330 e. The number of likely N-dealkylation sites (N-methyl/N-ethyl adjacent to an activating group) is 1. The minimum Gasteiger partial charge on any atom is -0.330 e. The lowest BCUT2D eigenvalue weighted by Gasteiger charge is -2.22. The summed E-state index contributed by atoms with van der Waals surface area (Å²) in [6, 6.07) is 8.68. The lowest BCUT2D eigenvalue weighted by Crippen LogP contribution is -2.31. The Balaban J connectivity index is 1.82. The third-order valence-corrected chi connectivity index (χ3v) is 3.97. The van der Waals surface area contributed by atoms with Gasteiger partial charge in [-0.05, 0) is 57.1 Å². The molecule has 0 bridgehead atoms. The predicted molar refractivity (Wildman–Crippen MR) is 81.2 cm³/mol. The highest BCUT2D eigenvalue weighted by Gasteiger charge is 2.12. The number of hydrogen-bond acceptors (Lipinski definition) is 3. The zero-order chi connectivity index (χ0) is 13.5. The van der Waals surface area contributed by atoms with Gasteiger partial charge in [-0.1, -0.05) is 24.3 Å². The van der Waals surface area contributed by atoms with Gasteiger partial charge in [-0.3, -0.25) is 0 Å². The van der Waals surface area contributed by atoms with Crippen molar-refractivity contribution in [2.24, 2.45) is 5.73 Å². The second-order valence-corrected chi connectivity index (χ2v) is 5.59. The van der Waals surface area contributed by atoms with Gasteiger partial charge < -0.3 is 15.5 Å². The molecule has 2 N–H and O–H groups in total. The van der Waals surface area contributed by atoms with Gasteiger partial charge in [-0.15, -0.1) is 0 Å². The molecular weight excluding hydrogens is 234 g/mol. The van der Waals surface area contributed by atoms with E-state index in [0.717, 1.165) is 26.1 Å². The van der Waals surface area contributed by atoms with Gasteiger partial charge in [0.2, 0.25) is 0 Å². The second kappa shape index (κ2) is 7.63. The number of nitrogens with zero attached hydrogens (tertiary/aromatic N) is 2. The van der Waals surface area contributed by atoms with Crippen molar-refractivity contribution in [2.45, 2.75) is 25.8 Å². The Bertz CT molecular complexity index is 372. The Labute approximate surface area is 117 Å². The molecule has 1 aliphatic heterocycles. The minimum absolute atomic E-state index is 0.731. The Hall–Kier alpha value is -0.900. The van der Waals surface area contributed by atoms with Gasteiger partial charge in [0.05, 0.1) is 0 Å². The van der Waals surface area contributed by atoms with Gasteiger partial charge >= 0.3 is 0 Å². The molecule has 0 radical (unpaired) electrons. The summed E-state index contributed by atoms with van der Waals surface area (Å²) in [5.41, 5.74) is 8.51. The predicted octanol–water partition coefficient (Wildman–Crippen LogP) is 1.72. The highest BCUT2D eigenvalue weighted by atomic mass is 15.2. The monoisotopic (exact) mass is 261 g/mol. The topological polar surface area (TPSA) is 32.5 Å². The summed E-state index contributed by atoms with van der Waals surface area (Å²) in [6.45, 7) is 6.69. The zero-order valence-electron chi connectivity index (χ0n) is 12.1. The normalized spacial score (nSPS) is 16.4. The van der Waals surface area contributed by atoms with Crippen molar-refractivity contribution in [2.75, 3.05) is 39.8 Å². The van der Waals surface area contributed by atoms with Crippen LogP contribution in [0.15, 0.2) is 24.3 Å². The maximum absolute atomic E-state index is 5.68. The second-order valence-electron chi connectivity index (χ2n) is 5.59. The van der Waals surface area contributed by atoms with E-state index in [1.807, 2.05) is 0 Å². The van der Waals surface area contributed by atoms with E-state index in [1.165, 1.54) is 43.6 Å². The zero-order valence-corrected chi connectivity index (χ0v) is 12.1. The van der Waals surface area contributed by atoms with Crippen LogP contribution < -0.4 is 5.73 Å². The summed E-state index contributed by atoms with van der Waals surface area (Å²) in [5, 5.41) is 0. The van der Waals surface area contributed by atoms with Crippen LogP contribution in [0.25, 0.3) is 0 Å². The molecule has 0 saturated carbocycles. The van der Waals surface area contributed by atoms with Crippen LogP contribution in [-0.2, 0) is 13.0 Å². The molecule has 106 valence electrons. The van der Waals surface area contributed by atoms with E-state index in [-0.39, 0.29) is 0 Å². The van der Waals surface area contributed by atoms with Crippen LogP contribution in [0.2, 0.25) is 0 Å². The summed E-state index contributed by atoms with van der Waals surface area (Å²) in [5.74, 6) is 0. The van der Waals surface area contributed by atoms with Gasteiger partial charge in [0.25, 0.3) is 0 Å². The number of rotatable bonds is 7. The van der Waals surface area contributed by atoms with Crippen LogP contribution in [0.5, 0.6) is 0 Å². The average molecular weight is 261 g/mol. The van der Waals surface area contributed by atoms with Crippen molar-refractivity contribution in [3.05, 3.63) is 35.4 Å². The number of likely N-dealkylation sites (tertiary alicyclic amines) is 1. The van der Waals surface area contributed by atoms with E-state index in [1.54, 1.807) is 0 Å². The fourth-order valence-electron chi connectivity index (χ4n) is 2.80. The first kappa shape index (κ1) is 14.5. The molecular formula is C16H27N3. The van der Waals surface area contributed by atoms with Crippen LogP contribution >= 0.6 is 0 Å². The van der Waals surface area contributed by atoms with Gasteiger partial charge in [0.1, 0.15) is 0 Å². The Morgan fingerprint density at radius 1 is 1.16 bits per heavy atom. The van der Waals surface area contributed by atoms with Crippen molar-refractivity contribution in [3.8, 4) is 0 Å². The van der Waals surface area contributed by atoms with Crippen LogP contribution in [0.1, 0.15) is 24.0 Å². The highest BCUT2D eigenvalue weighted by Crippen LogP contribution is 2.12. The molecule has 0 aromatic heterocycles. The van der Waals surface area contributed by atoms with E-state index < -0.39 is 0 Å². The number of nitrogens with two attached hydrogens (primary N) is 1. The molecule has 0 atom stereocenters. The SMILES string of the molecule is CN(CCN1CCCC1)Cc1ccccc1CCN. The third-order valence-electron chi connectivity index (χ3n) is 3.97. The van der Waals surface area contributed by atoms with Crippen molar-refractivity contribution in [1.82, 2.24) is 9.80 Å². The number of hydrogen-bond donors (Lipinski definition) is 1. The van der Waals surface area contributed by atoms with Gasteiger partial charge in [-0.2, -0.15) is 0 Å². The minimum atomic E-state index is 0.731. The summed E-state index contributed by atoms with van der Waals surface area (Å²) in [7, 11) is 2.22. The van der Waals surface area contributed by atoms with Crippen LogP contribution in [0.4, 0.5) is 0 Å². The maximum atomic E-state index is 5.68. The molecule has 0 unspecified atom stereocenters. The van der Waals surface area contributed by atoms with Gasteiger partial charge in [0.15, 0.2) is 0 Å². The van der Waals surface area contributed by atoms with Crippen molar-refractivity contribution < 1.29 is 0 Å². The molecule has 0 amide bonds. The molecule has 1 heterocycles. The van der Waals surface area contributed by atoms with E-state index in [4.69, 9.17) is 5.73 Å². The Kier molecular flexibility index (Phi) is 5.83. The fourth-order valence-corrected chi connectivity index (χ4v) is 2.80. The molecule has 1 aromatic rings. The highest BCUT2D eigenvalue weighted by molar-refractivity contribution is 5.27. The molecule has 3 heteroatoms. The molecule has 19 heavy (non-hydrogen) atoms. The standard InChI is InChI=1S/C16H27N3/c1-18(12-13-19-10-4-5-11-19)14-16-7-3-2-6-15(16)8-9-17/h2-3,6-7H,4-5,8-14,17H2,1H3. The van der Waals surface area contributed by atoms with E-state index in [2.05, 4.69) is 41.1 Å². The van der Waals surface area contributed by atoms with Crippen LogP contribution in [0.3, 0.4) is 0 Å². The van der Waals surface area contributed by atoms with Gasteiger partial charge in [-0.25, -0.2) is 0 Å². The summed E-state index contributed by atoms with van der Waals surface area (Å²) in [4.78, 5) is 5.00. The summed E-state index contributed by atoms with van der Waals surface area (Å²) in [6.07, 6.45) is 3.74. The third kappa shape index (κ3) is 4.60. The van der Waals surface area contributed by atoms with E-state index in [0.29, 0.717) is 0 Å². The molecule has 1 aromatic carbocycles. The molecule has 1 saturated heterocycles. The van der Waals surface area contributed by atoms with Crippen molar-refractivity contribution in [1.29, 1.82) is 0 Å². The molecule has 3 nitrogen and oxygen atoms in total. The average Bonchev–Trinajstić information content (AvgIpc) is 2.92. The quantitative estimate of drug-likeness (QED) is 0.811. The Morgan fingerprint density at radius 2 is 1.84 bits per heavy atom. The van der Waals surface area contributed by atoms with Gasteiger partial charge in [0, 0.05) is 19.6 Å². The first-order valence-corrected chi connectivity index (χ1v) is 7.47. The molecule has 1 fully saturated rings. The molecule has 2 rings (SSSR count). The number of benzene rings is 1. The first-order chi connectivity index (χ1) is 9.29. The lowest BCUT2D eigenvalue weighted by molar-refractivity contribution is 0.252. The lowest BCUT2D eigenvalue weighted by atomic mass is 10.0. The van der Waals surface area contributed by atoms with E-state index in [9.17, 15) is 0 Å². The van der Waals surface area contributed by atoms with E-state index >= 15 is 0 Å². The summed E-state index contributed by atoms with van der Waals surface area (Å²) >= 11 is 0. The van der Waals surface area contributed by atoms with Crippen molar-refractivity contribution >= 4 is 0 Å². The summed E-state index contributed by atoms with van der Waals surface area (Å²) < 4.78 is 0. The maximum Gasteiger partial charge on any atom is 0.0233 e. The fraction of sp³-hybridized carbons (Fsp3) is 0.625. The van der Waals surface area contributed by atoms with Crippen LogP contribution in [0, 0.1) is 0 Å². The smallest absolute Gasteiger partial charge is 0.0233 e. The molecule has 1 aliphatic rings. The van der Waals surface area contributed by atoms with Crippen LogP contribution in [-0.4, -0.2) is 49.6 Å². The molecule has 0 spiro atoms. The van der Waals surface area contributed by atoms with Crippen molar-refractivity contribution in [3.63, 3.8) is 0 Å².